The molecule has 0 radical (unpaired) electrons. The molecule has 0 aromatic rings. The molecule has 4 aliphatic carbocycles. The zero-order valence-corrected chi connectivity index (χ0v) is 64.7. The van der Waals surface area contributed by atoms with E-state index in [2.05, 4.69) is 16.0 Å². The number of hydrogen-bond acceptors (Lipinski definition) is 13. The van der Waals surface area contributed by atoms with E-state index < -0.39 is 198 Å². The van der Waals surface area contributed by atoms with E-state index in [0.717, 1.165) is 9.80 Å². The minimum Gasteiger partial charge on any atom is -0.378 e. The Balaban J connectivity index is 1.29. The molecule has 4 saturated carbocycles. The van der Waals surface area contributed by atoms with Crippen molar-refractivity contribution in [3.8, 4) is 0 Å². The van der Waals surface area contributed by atoms with Gasteiger partial charge in [0, 0.05) is 73.3 Å². The highest BCUT2D eigenvalue weighted by molar-refractivity contribution is 6.21. The van der Waals surface area contributed by atoms with Gasteiger partial charge in [-0.3, -0.25) is 57.5 Å². The summed E-state index contributed by atoms with van der Waals surface area (Å²) in [4.78, 5) is 192. The van der Waals surface area contributed by atoms with Gasteiger partial charge in [-0.05, 0) is 159 Å². The lowest BCUT2D eigenvalue weighted by atomic mass is 9.74. The number of rotatable bonds is 14. The predicted octanol–water partition coefficient (Wildman–Crippen LogP) is 6.51. The number of carbonyl (C=O) groups is 12. The van der Waals surface area contributed by atoms with Crippen LogP contribution in [0.15, 0.2) is 0 Å². The summed E-state index contributed by atoms with van der Waals surface area (Å²) in [7, 11) is 6.88. The van der Waals surface area contributed by atoms with Crippen molar-refractivity contribution in [1.82, 2.24) is 60.0 Å². The summed E-state index contributed by atoms with van der Waals surface area (Å²) in [6.07, 6.45) is -6.12. The molecule has 7 aliphatic rings. The second-order valence-electron chi connectivity index (χ2n) is 31.6. The van der Waals surface area contributed by atoms with Crippen LogP contribution in [0.4, 0.5) is 26.3 Å². The molecule has 12 amide bonds. The van der Waals surface area contributed by atoms with E-state index in [-0.39, 0.29) is 148 Å². The number of likely N-dealkylation sites (N-methyl/N-ethyl adjacent to an activating group) is 6. The van der Waals surface area contributed by atoms with E-state index >= 15 is 33.6 Å². The highest BCUT2D eigenvalue weighted by Crippen LogP contribution is 2.45. The lowest BCUT2D eigenvalue weighted by molar-refractivity contribution is -0.184. The van der Waals surface area contributed by atoms with E-state index in [1.807, 2.05) is 13.8 Å². The van der Waals surface area contributed by atoms with Gasteiger partial charge < -0.3 is 64.8 Å². The number of fused-ring (bicyclic) bond motifs is 1. The lowest BCUT2D eigenvalue weighted by Crippen LogP contribution is -2.68. The van der Waals surface area contributed by atoms with Crippen molar-refractivity contribution in [2.75, 3.05) is 101 Å². The average Bonchev–Trinajstić information content (AvgIpc) is 1.12. The maximum atomic E-state index is 15.7. The third-order valence-corrected chi connectivity index (χ3v) is 24.2. The van der Waals surface area contributed by atoms with Gasteiger partial charge in [0.1, 0.15) is 47.8 Å². The fraction of sp³-hybridized carbons (Fsp3) is 0.838. The summed E-state index contributed by atoms with van der Waals surface area (Å²) in [5.41, 5.74) is -1.58. The summed E-state index contributed by atoms with van der Waals surface area (Å²) < 4.78 is 89.9. The van der Waals surface area contributed by atoms with Crippen molar-refractivity contribution >= 4 is 82.5 Å². The van der Waals surface area contributed by atoms with Crippen molar-refractivity contribution in [2.45, 2.75) is 255 Å². The van der Waals surface area contributed by atoms with Crippen LogP contribution >= 0.6 is 11.6 Å². The average molecular weight is 1530 g/mol. The van der Waals surface area contributed by atoms with Crippen LogP contribution in [0, 0.1) is 41.4 Å². The molecule has 32 heteroatoms. The Bertz CT molecular complexity index is 3090. The van der Waals surface area contributed by atoms with Gasteiger partial charge in [0.25, 0.3) is 0 Å². The van der Waals surface area contributed by atoms with E-state index in [4.69, 9.17) is 16.3 Å². The number of ether oxygens (including phenoxy) is 1. The quantitative estimate of drug-likeness (QED) is 0.124. The Kier molecular flexibility index (Phi) is 31.3. The van der Waals surface area contributed by atoms with Gasteiger partial charge in [-0.15, -0.1) is 11.6 Å². The van der Waals surface area contributed by atoms with Crippen molar-refractivity contribution in [3.63, 3.8) is 0 Å². The van der Waals surface area contributed by atoms with Gasteiger partial charge >= 0.3 is 12.4 Å². The van der Waals surface area contributed by atoms with Crippen LogP contribution < -0.4 is 16.0 Å². The first kappa shape index (κ1) is 86.7. The second kappa shape index (κ2) is 38.2. The van der Waals surface area contributed by atoms with Crippen molar-refractivity contribution < 1.29 is 88.6 Å². The van der Waals surface area contributed by atoms with Gasteiger partial charge in [0.15, 0.2) is 0 Å². The topological polar surface area (TPSA) is 279 Å². The van der Waals surface area contributed by atoms with Gasteiger partial charge in [-0.2, -0.15) is 26.3 Å². The van der Waals surface area contributed by atoms with Gasteiger partial charge in [0.2, 0.25) is 70.9 Å². The molecule has 25 nitrogen and oxygen atoms in total. The molecule has 3 saturated heterocycles. The van der Waals surface area contributed by atoms with Crippen LogP contribution in [0.5, 0.6) is 0 Å². The molecule has 7 rings (SSSR count). The number of carbonyl (C=O) groups excluding carboxylic acids is 12. The lowest BCUT2D eigenvalue weighted by Gasteiger charge is -2.47. The number of halogens is 7. The maximum absolute atomic E-state index is 15.7. The molecule has 0 aromatic heterocycles. The third kappa shape index (κ3) is 21.7. The smallest absolute Gasteiger partial charge is 0.378 e. The summed E-state index contributed by atoms with van der Waals surface area (Å²) >= 11 is 6.40. The molecule has 600 valence electrons. The third-order valence-electron chi connectivity index (χ3n) is 23.8. The largest absolute Gasteiger partial charge is 0.393 e. The highest BCUT2D eigenvalue weighted by Gasteiger charge is 2.54. The first-order valence-electron chi connectivity index (χ1n) is 38.6. The number of hydrogen-bond donors (Lipinski definition) is 3. The molecule has 106 heavy (non-hydrogen) atoms. The summed E-state index contributed by atoms with van der Waals surface area (Å²) in [6, 6.07) is -9.26. The zero-order valence-electron chi connectivity index (χ0n) is 64.0. The van der Waals surface area contributed by atoms with E-state index in [1.54, 1.807) is 27.7 Å². The SMILES string of the molecule is CCCN1C(=O)CN(C)C(=O)CN(CC)C(=O)[C@H]([C@@H](C)CC)NC(=O)[C@H](CC(C)C)N(C)C(=O)C[C@@H](C(=O)N2CCOCC2)N(C)C(=O)[C@H](C2CCCC2)N(C)C(=O)C2(CCC2)NC(=O)[C@@H]2CCCN2C(=O)[C@H](CCC2CCC(C(F)(F)F)C(Cl)C2)NC(=O)CN(C)C(=O)[C@@H]1CC1CCC(C(F)(F)F)CC1. The molecule has 1 spiro atoms. The zero-order chi connectivity index (χ0) is 78.4. The maximum Gasteiger partial charge on any atom is 0.393 e. The minimum atomic E-state index is -4.55. The Morgan fingerprint density at radius 3 is 1.84 bits per heavy atom. The van der Waals surface area contributed by atoms with Crippen LogP contribution in [0.25, 0.3) is 0 Å². The number of alkyl halides is 7. The fourth-order valence-electron chi connectivity index (χ4n) is 16.8. The van der Waals surface area contributed by atoms with Crippen molar-refractivity contribution in [2.24, 2.45) is 41.4 Å². The molecular formula is C74H117ClF6N12O13. The molecule has 3 heterocycles. The summed E-state index contributed by atoms with van der Waals surface area (Å²) in [6.45, 7) is 9.05. The number of morpholine rings is 1. The van der Waals surface area contributed by atoms with Gasteiger partial charge in [0.05, 0.1) is 51.1 Å². The highest BCUT2D eigenvalue weighted by atomic mass is 35.5. The molecule has 3 N–H and O–H groups in total. The molecule has 3 aliphatic heterocycles. The Labute approximate surface area is 625 Å². The second-order valence-corrected chi connectivity index (χ2v) is 32.1. The van der Waals surface area contributed by atoms with Crippen LogP contribution in [-0.2, 0) is 62.3 Å². The van der Waals surface area contributed by atoms with Gasteiger partial charge in [-0.25, -0.2) is 0 Å². The van der Waals surface area contributed by atoms with Crippen LogP contribution in [0.1, 0.15) is 189 Å². The molecule has 0 aromatic carbocycles. The number of nitrogens with one attached hydrogen (secondary N) is 3. The van der Waals surface area contributed by atoms with Crippen LogP contribution in [-0.4, -0.2) is 281 Å². The number of amides is 12. The van der Waals surface area contributed by atoms with Gasteiger partial charge in [-0.1, -0.05) is 53.9 Å². The van der Waals surface area contributed by atoms with E-state index in [1.165, 1.54) is 69.5 Å². The predicted molar refractivity (Wildman–Crippen MR) is 381 cm³/mol. The normalized spacial score (nSPS) is 30.3. The molecule has 11 atom stereocenters. The first-order valence-corrected chi connectivity index (χ1v) is 39.0. The molecular weight excluding hydrogens is 1410 g/mol. The standard InChI is InChI=1S/C74H117ClF6N12O13/c1-12-32-92-57(40-48-22-26-50(27-23-48)73(76,77)78)67(101)86(8)42-58(94)82-53(29-25-47-24-28-51(52(75)39-47)74(79,80)81)66(100)93-33-17-21-54(93)65(99)84-72(30-18-31-72)71(105)89(11)63(49-19-15-16-20-49)70(104)88(10)56(68(102)91-34-36-106-37-35-91)41-59(95)87(9)55(38-45(4)5)64(98)83-62(46(6)13-2)69(103)90(14-3)44-60(96)85(7)43-61(92)97/h45-57,62-63H,12-44H2,1-11H3,(H,82,94)(H,83,98)(H,84,99)/t46-,47?,48?,50?,51?,52?,53-,54-,55-,56-,57-,62-,63-/m0/s1. The van der Waals surface area contributed by atoms with E-state index in [0.29, 0.717) is 44.9 Å². The Morgan fingerprint density at radius 1 is 0.632 bits per heavy atom. The first-order chi connectivity index (χ1) is 49.9. The van der Waals surface area contributed by atoms with E-state index in [9.17, 15) is 50.3 Å². The fourth-order valence-corrected chi connectivity index (χ4v) is 17.3. The van der Waals surface area contributed by atoms with Crippen molar-refractivity contribution in [3.05, 3.63) is 0 Å². The van der Waals surface area contributed by atoms with Crippen LogP contribution in [0.3, 0.4) is 0 Å². The summed E-state index contributed by atoms with van der Waals surface area (Å²) in [5.74, 6) is -14.0. The summed E-state index contributed by atoms with van der Waals surface area (Å²) in [5, 5.41) is 7.38. The molecule has 7 fully saturated rings. The van der Waals surface area contributed by atoms with Crippen molar-refractivity contribution in [1.29, 1.82) is 0 Å². The molecule has 0 bridgehead atoms. The monoisotopic (exact) mass is 1530 g/mol. The number of nitrogens with zero attached hydrogens (tertiary/aromatic N) is 9. The Hall–Kier alpha value is -6.53. The Morgan fingerprint density at radius 2 is 1.27 bits per heavy atom. The minimum absolute atomic E-state index is 0.00407. The molecule has 3 unspecified atom stereocenters. The van der Waals surface area contributed by atoms with Crippen LogP contribution in [0.2, 0.25) is 0 Å².